The van der Waals surface area contributed by atoms with E-state index in [2.05, 4.69) is 4.74 Å². The van der Waals surface area contributed by atoms with Gasteiger partial charge in [-0.1, -0.05) is 6.92 Å². The molecule has 5 nitrogen and oxygen atoms in total. The number of ether oxygens (including phenoxy) is 1. The summed E-state index contributed by atoms with van der Waals surface area (Å²) >= 11 is 0. The molecule has 0 atom stereocenters. The third kappa shape index (κ3) is 6.40. The van der Waals surface area contributed by atoms with E-state index in [1.807, 2.05) is 11.8 Å². The molecule has 0 aromatic heterocycles. The smallest absolute Gasteiger partial charge is 0.306 e. The highest BCUT2D eigenvalue weighted by Gasteiger charge is 2.12. The van der Waals surface area contributed by atoms with Crippen LogP contribution >= 0.6 is 0 Å². The predicted molar refractivity (Wildman–Crippen MR) is 62.1 cm³/mol. The number of nitrogens with zero attached hydrogens (tertiary/aromatic N) is 2. The number of likely N-dealkylation sites (N-methyl/N-ethyl adjacent to an activating group) is 1. The monoisotopic (exact) mass is 230 g/mol. The van der Waals surface area contributed by atoms with Gasteiger partial charge in [-0.05, 0) is 13.0 Å². The predicted octanol–water partition coefficient (Wildman–Crippen LogP) is 0.350. The van der Waals surface area contributed by atoms with Crippen molar-refractivity contribution < 1.29 is 14.3 Å². The SMILES string of the molecule is CCCN(CCC(=O)OC)CC(=O)N(C)C. The van der Waals surface area contributed by atoms with E-state index in [1.54, 1.807) is 19.0 Å². The van der Waals surface area contributed by atoms with Crippen LogP contribution in [0.15, 0.2) is 0 Å². The second kappa shape index (κ2) is 8.10. The number of hydrogen-bond acceptors (Lipinski definition) is 4. The molecule has 0 radical (unpaired) electrons. The minimum atomic E-state index is -0.238. The van der Waals surface area contributed by atoms with Crippen molar-refractivity contribution in [1.29, 1.82) is 0 Å². The Labute approximate surface area is 97.3 Å². The molecule has 0 saturated heterocycles. The molecule has 16 heavy (non-hydrogen) atoms. The molecule has 0 aromatic carbocycles. The zero-order valence-electron chi connectivity index (χ0n) is 10.7. The number of carbonyl (C=O) groups is 2. The minimum Gasteiger partial charge on any atom is -0.469 e. The third-order valence-corrected chi connectivity index (χ3v) is 2.26. The van der Waals surface area contributed by atoms with Gasteiger partial charge in [0.05, 0.1) is 20.1 Å². The fourth-order valence-corrected chi connectivity index (χ4v) is 1.27. The molecule has 0 unspecified atom stereocenters. The lowest BCUT2D eigenvalue weighted by Gasteiger charge is -2.22. The first-order valence-corrected chi connectivity index (χ1v) is 5.50. The van der Waals surface area contributed by atoms with Crippen molar-refractivity contribution in [2.75, 3.05) is 40.8 Å². The van der Waals surface area contributed by atoms with Crippen LogP contribution in [0, 0.1) is 0 Å². The number of amides is 1. The van der Waals surface area contributed by atoms with E-state index in [9.17, 15) is 9.59 Å². The Balaban J connectivity index is 4.06. The fourth-order valence-electron chi connectivity index (χ4n) is 1.27. The van der Waals surface area contributed by atoms with Gasteiger partial charge >= 0.3 is 5.97 Å². The summed E-state index contributed by atoms with van der Waals surface area (Å²) in [7, 11) is 4.83. The minimum absolute atomic E-state index is 0.0540. The second-order valence-electron chi connectivity index (χ2n) is 3.89. The van der Waals surface area contributed by atoms with E-state index in [0.717, 1.165) is 13.0 Å². The van der Waals surface area contributed by atoms with Gasteiger partial charge in [0.2, 0.25) is 5.91 Å². The van der Waals surface area contributed by atoms with Gasteiger partial charge in [-0.25, -0.2) is 0 Å². The second-order valence-corrected chi connectivity index (χ2v) is 3.89. The van der Waals surface area contributed by atoms with Crippen LogP contribution in [0.4, 0.5) is 0 Å². The normalized spacial score (nSPS) is 10.3. The molecule has 0 fully saturated rings. The van der Waals surface area contributed by atoms with Crippen LogP contribution in [0.2, 0.25) is 0 Å². The Morgan fingerprint density at radius 2 is 1.81 bits per heavy atom. The maximum Gasteiger partial charge on any atom is 0.306 e. The van der Waals surface area contributed by atoms with Gasteiger partial charge in [-0.2, -0.15) is 0 Å². The summed E-state index contributed by atoms with van der Waals surface area (Å²) < 4.78 is 4.57. The first kappa shape index (κ1) is 14.9. The van der Waals surface area contributed by atoms with Gasteiger partial charge in [0, 0.05) is 20.6 Å². The lowest BCUT2D eigenvalue weighted by Crippen LogP contribution is -2.38. The van der Waals surface area contributed by atoms with Crippen LogP contribution in [0.3, 0.4) is 0 Å². The molecule has 1 amide bonds. The Morgan fingerprint density at radius 1 is 1.19 bits per heavy atom. The van der Waals surface area contributed by atoms with Crippen LogP contribution in [0.1, 0.15) is 19.8 Å². The van der Waals surface area contributed by atoms with Crippen molar-refractivity contribution in [2.24, 2.45) is 0 Å². The van der Waals surface area contributed by atoms with Crippen LogP contribution < -0.4 is 0 Å². The maximum absolute atomic E-state index is 11.5. The van der Waals surface area contributed by atoms with E-state index in [1.165, 1.54) is 7.11 Å². The lowest BCUT2D eigenvalue weighted by atomic mass is 10.3. The van der Waals surface area contributed by atoms with E-state index < -0.39 is 0 Å². The number of rotatable bonds is 7. The van der Waals surface area contributed by atoms with Gasteiger partial charge in [0.1, 0.15) is 0 Å². The van der Waals surface area contributed by atoms with Crippen LogP contribution in [-0.2, 0) is 14.3 Å². The van der Waals surface area contributed by atoms with Crippen molar-refractivity contribution in [3.8, 4) is 0 Å². The molecular weight excluding hydrogens is 208 g/mol. The van der Waals surface area contributed by atoms with Crippen molar-refractivity contribution in [2.45, 2.75) is 19.8 Å². The topological polar surface area (TPSA) is 49.9 Å². The molecule has 0 rings (SSSR count). The van der Waals surface area contributed by atoms with E-state index in [-0.39, 0.29) is 11.9 Å². The summed E-state index contributed by atoms with van der Waals surface area (Å²) in [6, 6.07) is 0. The molecule has 0 aliphatic carbocycles. The first-order valence-electron chi connectivity index (χ1n) is 5.50. The van der Waals surface area contributed by atoms with Crippen molar-refractivity contribution in [3.63, 3.8) is 0 Å². The Hall–Kier alpha value is -1.10. The van der Waals surface area contributed by atoms with Gasteiger partial charge in [-0.3, -0.25) is 14.5 Å². The molecule has 0 N–H and O–H groups in total. The summed E-state index contributed by atoms with van der Waals surface area (Å²) in [6.45, 7) is 3.79. The molecule has 0 saturated carbocycles. The maximum atomic E-state index is 11.5. The molecule has 0 bridgehead atoms. The van der Waals surface area contributed by atoms with Crippen LogP contribution in [-0.4, -0.2) is 62.5 Å². The summed E-state index contributed by atoms with van der Waals surface area (Å²) in [5, 5.41) is 0. The average Bonchev–Trinajstić information content (AvgIpc) is 2.25. The Morgan fingerprint density at radius 3 is 2.25 bits per heavy atom. The van der Waals surface area contributed by atoms with Crippen molar-refractivity contribution in [1.82, 2.24) is 9.80 Å². The third-order valence-electron chi connectivity index (χ3n) is 2.26. The van der Waals surface area contributed by atoms with Gasteiger partial charge in [-0.15, -0.1) is 0 Å². The zero-order valence-corrected chi connectivity index (χ0v) is 10.7. The summed E-state index contributed by atoms with van der Waals surface area (Å²) in [5.41, 5.74) is 0. The number of methoxy groups -OCH3 is 1. The fraction of sp³-hybridized carbons (Fsp3) is 0.818. The number of esters is 1. The highest BCUT2D eigenvalue weighted by Crippen LogP contribution is 1.97. The molecule has 0 spiro atoms. The largest absolute Gasteiger partial charge is 0.469 e. The summed E-state index contributed by atoms with van der Waals surface area (Å²) in [5.74, 6) is -0.184. The molecule has 0 aliphatic rings. The summed E-state index contributed by atoms with van der Waals surface area (Å²) in [4.78, 5) is 26.0. The molecule has 0 aliphatic heterocycles. The van der Waals surface area contributed by atoms with Gasteiger partial charge in [0.25, 0.3) is 0 Å². The summed E-state index contributed by atoms with van der Waals surface area (Å²) in [6.07, 6.45) is 1.29. The Bertz CT molecular complexity index is 229. The van der Waals surface area contributed by atoms with Gasteiger partial charge in [0.15, 0.2) is 0 Å². The van der Waals surface area contributed by atoms with Crippen molar-refractivity contribution >= 4 is 11.9 Å². The van der Waals surface area contributed by atoms with Crippen LogP contribution in [0.25, 0.3) is 0 Å². The molecular formula is C11H22N2O3. The van der Waals surface area contributed by atoms with E-state index >= 15 is 0 Å². The zero-order chi connectivity index (χ0) is 12.6. The van der Waals surface area contributed by atoms with Crippen molar-refractivity contribution in [3.05, 3.63) is 0 Å². The van der Waals surface area contributed by atoms with E-state index in [4.69, 9.17) is 0 Å². The quantitative estimate of drug-likeness (QED) is 0.592. The molecule has 5 heteroatoms. The van der Waals surface area contributed by atoms with Gasteiger partial charge < -0.3 is 9.64 Å². The molecule has 94 valence electrons. The van der Waals surface area contributed by atoms with Crippen LogP contribution in [0.5, 0.6) is 0 Å². The first-order chi connectivity index (χ1) is 7.51. The highest BCUT2D eigenvalue weighted by molar-refractivity contribution is 5.77. The highest BCUT2D eigenvalue weighted by atomic mass is 16.5. The molecule has 0 aromatic rings. The Kier molecular flexibility index (Phi) is 7.54. The molecule has 0 heterocycles. The number of hydrogen-bond donors (Lipinski definition) is 0. The average molecular weight is 230 g/mol. The van der Waals surface area contributed by atoms with E-state index in [0.29, 0.717) is 19.5 Å². The standard InChI is InChI=1S/C11H22N2O3/c1-5-7-13(8-6-11(15)16-4)9-10(14)12(2)3/h5-9H2,1-4H3. The number of carbonyl (C=O) groups excluding carboxylic acids is 2. The lowest BCUT2D eigenvalue weighted by molar-refractivity contribution is -0.141.